The van der Waals surface area contributed by atoms with Gasteiger partial charge in [0.25, 0.3) is 0 Å². The monoisotopic (exact) mass is 338 g/mol. The first kappa shape index (κ1) is 15.5. The molecule has 118 valence electrons. The van der Waals surface area contributed by atoms with Crippen molar-refractivity contribution in [3.63, 3.8) is 0 Å². The molecule has 3 rings (SSSR count). The molecular weight excluding hydrogens is 329 g/mol. The maximum atomic E-state index is 12.7. The molecule has 0 saturated carbocycles. The highest BCUT2D eigenvalue weighted by molar-refractivity contribution is 7.99. The van der Waals surface area contributed by atoms with Crippen LogP contribution < -0.4 is 5.63 Å². The first-order valence-corrected chi connectivity index (χ1v) is 7.28. The van der Waals surface area contributed by atoms with Gasteiger partial charge in [-0.1, -0.05) is 30.0 Å². The minimum Gasteiger partial charge on any atom is -0.506 e. The lowest BCUT2D eigenvalue weighted by atomic mass is 10.2. The summed E-state index contributed by atoms with van der Waals surface area (Å²) in [6.07, 6.45) is -4.48. The van der Waals surface area contributed by atoms with Crippen molar-refractivity contribution in [1.29, 1.82) is 0 Å². The van der Waals surface area contributed by atoms with Crippen molar-refractivity contribution >= 4 is 22.7 Å². The van der Waals surface area contributed by atoms with Crippen molar-refractivity contribution in [2.75, 3.05) is 0 Å². The summed E-state index contributed by atoms with van der Waals surface area (Å²) in [5.41, 5.74) is -1.42. The SMILES string of the molecule is O=c1oc2ccccc2c(O)c1Sc1cccc(C(F)(F)F)c1. The lowest BCUT2D eigenvalue weighted by Gasteiger charge is -2.09. The van der Waals surface area contributed by atoms with Crippen LogP contribution >= 0.6 is 11.8 Å². The molecule has 2 aromatic carbocycles. The zero-order valence-corrected chi connectivity index (χ0v) is 12.2. The standard InChI is InChI=1S/C16H9F3O3S/c17-16(18,19)9-4-3-5-10(8-9)23-14-13(20)11-6-1-2-7-12(11)22-15(14)21/h1-8,20H. The summed E-state index contributed by atoms with van der Waals surface area (Å²) in [5, 5.41) is 10.5. The molecule has 0 bridgehead atoms. The second-order valence-electron chi connectivity index (χ2n) is 4.69. The van der Waals surface area contributed by atoms with E-state index in [0.717, 1.165) is 23.9 Å². The van der Waals surface area contributed by atoms with Gasteiger partial charge in [-0.2, -0.15) is 13.2 Å². The van der Waals surface area contributed by atoms with Gasteiger partial charge in [-0.15, -0.1) is 0 Å². The highest BCUT2D eigenvalue weighted by Crippen LogP contribution is 2.38. The summed E-state index contributed by atoms with van der Waals surface area (Å²) in [5.74, 6) is -0.306. The number of hydrogen-bond acceptors (Lipinski definition) is 4. The molecule has 0 radical (unpaired) electrons. The third-order valence-corrected chi connectivity index (χ3v) is 4.18. The number of fused-ring (bicyclic) bond motifs is 1. The second-order valence-corrected chi connectivity index (χ2v) is 5.77. The Morgan fingerprint density at radius 2 is 1.78 bits per heavy atom. The lowest BCUT2D eigenvalue weighted by Crippen LogP contribution is -2.05. The van der Waals surface area contributed by atoms with Crippen molar-refractivity contribution in [3.05, 3.63) is 64.5 Å². The highest BCUT2D eigenvalue weighted by atomic mass is 32.2. The van der Waals surface area contributed by atoms with Gasteiger partial charge in [0.1, 0.15) is 16.2 Å². The Balaban J connectivity index is 2.07. The van der Waals surface area contributed by atoms with Crippen LogP contribution in [0.5, 0.6) is 5.75 Å². The van der Waals surface area contributed by atoms with Crippen LogP contribution in [-0.2, 0) is 6.18 Å². The molecule has 7 heteroatoms. The van der Waals surface area contributed by atoms with Crippen LogP contribution in [-0.4, -0.2) is 5.11 Å². The van der Waals surface area contributed by atoms with Crippen LogP contribution in [0.3, 0.4) is 0 Å². The first-order valence-electron chi connectivity index (χ1n) is 6.46. The molecule has 0 saturated heterocycles. The minimum atomic E-state index is -4.48. The third-order valence-electron chi connectivity index (χ3n) is 3.13. The van der Waals surface area contributed by atoms with Crippen LogP contribution in [0.4, 0.5) is 13.2 Å². The lowest BCUT2D eigenvalue weighted by molar-refractivity contribution is -0.137. The number of alkyl halides is 3. The van der Waals surface area contributed by atoms with E-state index in [1.807, 2.05) is 0 Å². The number of benzene rings is 2. The molecular formula is C16H9F3O3S. The number of rotatable bonds is 2. The fourth-order valence-electron chi connectivity index (χ4n) is 2.06. The van der Waals surface area contributed by atoms with Gasteiger partial charge in [0.15, 0.2) is 0 Å². The Kier molecular flexibility index (Phi) is 3.81. The van der Waals surface area contributed by atoms with E-state index in [-0.39, 0.29) is 21.1 Å². The Morgan fingerprint density at radius 3 is 2.52 bits per heavy atom. The summed E-state index contributed by atoms with van der Waals surface area (Å²) in [6, 6.07) is 10.9. The zero-order valence-electron chi connectivity index (χ0n) is 11.4. The maximum Gasteiger partial charge on any atom is 0.416 e. The Bertz CT molecular complexity index is 932. The smallest absolute Gasteiger partial charge is 0.416 e. The van der Waals surface area contributed by atoms with Crippen LogP contribution in [0.15, 0.2) is 67.5 Å². The molecule has 0 aliphatic carbocycles. The first-order chi connectivity index (χ1) is 10.9. The molecule has 23 heavy (non-hydrogen) atoms. The van der Waals surface area contributed by atoms with Crippen LogP contribution in [0.2, 0.25) is 0 Å². The number of hydrogen-bond donors (Lipinski definition) is 1. The van der Waals surface area contributed by atoms with Gasteiger partial charge in [-0.3, -0.25) is 0 Å². The largest absolute Gasteiger partial charge is 0.506 e. The molecule has 1 aromatic heterocycles. The van der Waals surface area contributed by atoms with Crippen LogP contribution in [0, 0.1) is 0 Å². The molecule has 0 spiro atoms. The molecule has 1 N–H and O–H groups in total. The van der Waals surface area contributed by atoms with E-state index < -0.39 is 17.4 Å². The van der Waals surface area contributed by atoms with Crippen LogP contribution in [0.1, 0.15) is 5.56 Å². The molecule has 0 fully saturated rings. The Hall–Kier alpha value is -2.41. The number of halogens is 3. The van der Waals surface area contributed by atoms with E-state index in [4.69, 9.17) is 4.42 Å². The Labute approximate surface area is 132 Å². The van der Waals surface area contributed by atoms with E-state index in [1.165, 1.54) is 18.2 Å². The van der Waals surface area contributed by atoms with Crippen molar-refractivity contribution in [3.8, 4) is 5.75 Å². The molecule has 1 heterocycles. The molecule has 3 aromatic rings. The predicted molar refractivity (Wildman–Crippen MR) is 79.7 cm³/mol. The topological polar surface area (TPSA) is 50.4 Å². The van der Waals surface area contributed by atoms with Gasteiger partial charge in [-0.25, -0.2) is 4.79 Å². The average Bonchev–Trinajstić information content (AvgIpc) is 2.51. The minimum absolute atomic E-state index is 0.150. The Morgan fingerprint density at radius 1 is 1.04 bits per heavy atom. The zero-order chi connectivity index (χ0) is 16.6. The molecule has 0 aliphatic heterocycles. The summed E-state index contributed by atoms with van der Waals surface area (Å²) >= 11 is 0.730. The average molecular weight is 338 g/mol. The summed E-state index contributed by atoms with van der Waals surface area (Å²) in [6.45, 7) is 0. The molecule has 0 amide bonds. The third kappa shape index (κ3) is 3.05. The summed E-state index contributed by atoms with van der Waals surface area (Å²) < 4.78 is 43.3. The highest BCUT2D eigenvalue weighted by Gasteiger charge is 2.30. The van der Waals surface area contributed by atoms with E-state index in [1.54, 1.807) is 18.2 Å². The van der Waals surface area contributed by atoms with E-state index >= 15 is 0 Å². The summed E-state index contributed by atoms with van der Waals surface area (Å²) in [4.78, 5) is 12.0. The molecule has 3 nitrogen and oxygen atoms in total. The quantitative estimate of drug-likeness (QED) is 0.690. The van der Waals surface area contributed by atoms with Crippen molar-refractivity contribution in [2.45, 2.75) is 16.0 Å². The molecule has 0 aliphatic rings. The van der Waals surface area contributed by atoms with Gasteiger partial charge in [0, 0.05) is 4.90 Å². The normalized spacial score (nSPS) is 11.8. The van der Waals surface area contributed by atoms with Crippen molar-refractivity contribution in [2.24, 2.45) is 0 Å². The number of aromatic hydroxyl groups is 1. The molecule has 0 atom stereocenters. The van der Waals surface area contributed by atoms with E-state index in [0.29, 0.717) is 5.39 Å². The van der Waals surface area contributed by atoms with Gasteiger partial charge >= 0.3 is 11.8 Å². The van der Waals surface area contributed by atoms with Gasteiger partial charge < -0.3 is 9.52 Å². The van der Waals surface area contributed by atoms with Gasteiger partial charge in [0.2, 0.25) is 0 Å². The van der Waals surface area contributed by atoms with Crippen LogP contribution in [0.25, 0.3) is 11.0 Å². The van der Waals surface area contributed by atoms with Gasteiger partial charge in [-0.05, 0) is 30.3 Å². The fourth-order valence-corrected chi connectivity index (χ4v) is 2.96. The van der Waals surface area contributed by atoms with Crippen molar-refractivity contribution in [1.82, 2.24) is 0 Å². The predicted octanol–water partition coefficient (Wildman–Crippen LogP) is 4.67. The van der Waals surface area contributed by atoms with E-state index in [9.17, 15) is 23.1 Å². The molecule has 0 unspecified atom stereocenters. The maximum absolute atomic E-state index is 12.7. The summed E-state index contributed by atoms with van der Waals surface area (Å²) in [7, 11) is 0. The fraction of sp³-hybridized carbons (Fsp3) is 0.0625. The second kappa shape index (κ2) is 5.66. The van der Waals surface area contributed by atoms with Gasteiger partial charge in [0.05, 0.1) is 10.9 Å². The number of para-hydroxylation sites is 1. The van der Waals surface area contributed by atoms with E-state index in [2.05, 4.69) is 0 Å². The van der Waals surface area contributed by atoms with Crippen molar-refractivity contribution < 1.29 is 22.7 Å².